The molecule has 0 radical (unpaired) electrons. The minimum atomic E-state index is 0.817. The SMILES string of the molecule is CC(=C1CCc2nc(C)ccc21)n1c2c(c3cc(Cl)ccc31)CCN(C)C2. The third-order valence-electron chi connectivity index (χ3n) is 6.13. The van der Waals surface area contributed by atoms with Crippen LogP contribution in [0.15, 0.2) is 30.3 Å². The molecule has 0 unspecified atom stereocenters. The first-order valence-electron chi connectivity index (χ1n) is 9.70. The second kappa shape index (κ2) is 6.22. The van der Waals surface area contributed by atoms with Crippen LogP contribution in [0.1, 0.15) is 41.6 Å². The zero-order valence-electron chi connectivity index (χ0n) is 16.1. The summed E-state index contributed by atoms with van der Waals surface area (Å²) >= 11 is 6.35. The van der Waals surface area contributed by atoms with E-state index in [-0.39, 0.29) is 0 Å². The molecule has 0 saturated heterocycles. The molecule has 1 aliphatic heterocycles. The molecule has 0 saturated carbocycles. The number of nitrogens with zero attached hydrogens (tertiary/aromatic N) is 3. The molecule has 0 spiro atoms. The van der Waals surface area contributed by atoms with Crippen molar-refractivity contribution < 1.29 is 0 Å². The van der Waals surface area contributed by atoms with Gasteiger partial charge in [-0.1, -0.05) is 17.7 Å². The van der Waals surface area contributed by atoms with E-state index in [0.29, 0.717) is 0 Å². The fourth-order valence-electron chi connectivity index (χ4n) is 4.81. The number of likely N-dealkylation sites (N-methyl/N-ethyl adjacent to an activating group) is 1. The van der Waals surface area contributed by atoms with Gasteiger partial charge in [-0.3, -0.25) is 4.98 Å². The number of allylic oxidation sites excluding steroid dienone is 2. The number of pyridine rings is 1. The van der Waals surface area contributed by atoms with Gasteiger partial charge in [0, 0.05) is 51.8 Å². The van der Waals surface area contributed by atoms with Crippen LogP contribution >= 0.6 is 11.6 Å². The number of fused-ring (bicyclic) bond motifs is 4. The molecular weight excluding hydrogens is 354 g/mol. The molecule has 5 rings (SSSR count). The summed E-state index contributed by atoms with van der Waals surface area (Å²) in [5.41, 5.74) is 10.6. The van der Waals surface area contributed by atoms with Crippen LogP contribution in [0, 0.1) is 6.92 Å². The Morgan fingerprint density at radius 3 is 2.81 bits per heavy atom. The fourth-order valence-corrected chi connectivity index (χ4v) is 4.98. The Bertz CT molecular complexity index is 1110. The molecule has 0 bridgehead atoms. The van der Waals surface area contributed by atoms with Crippen LogP contribution in [0.5, 0.6) is 0 Å². The molecule has 2 aromatic heterocycles. The van der Waals surface area contributed by atoms with Crippen molar-refractivity contribution in [3.8, 4) is 0 Å². The highest BCUT2D eigenvalue weighted by atomic mass is 35.5. The maximum Gasteiger partial charge on any atom is 0.0532 e. The zero-order valence-corrected chi connectivity index (χ0v) is 16.9. The number of rotatable bonds is 1. The van der Waals surface area contributed by atoms with Gasteiger partial charge in [0.25, 0.3) is 0 Å². The number of hydrogen-bond acceptors (Lipinski definition) is 2. The van der Waals surface area contributed by atoms with Crippen molar-refractivity contribution in [3.05, 3.63) is 63.6 Å². The van der Waals surface area contributed by atoms with Gasteiger partial charge in [-0.15, -0.1) is 0 Å². The third-order valence-corrected chi connectivity index (χ3v) is 6.36. The van der Waals surface area contributed by atoms with Crippen molar-refractivity contribution >= 4 is 33.8 Å². The van der Waals surface area contributed by atoms with Gasteiger partial charge in [0.1, 0.15) is 0 Å². The van der Waals surface area contributed by atoms with Crippen molar-refractivity contribution in [2.45, 2.75) is 39.7 Å². The van der Waals surface area contributed by atoms with Crippen molar-refractivity contribution in [1.29, 1.82) is 0 Å². The van der Waals surface area contributed by atoms with E-state index < -0.39 is 0 Å². The number of halogens is 1. The summed E-state index contributed by atoms with van der Waals surface area (Å²) in [5.74, 6) is 0. The maximum absolute atomic E-state index is 6.35. The lowest BCUT2D eigenvalue weighted by Gasteiger charge is -2.25. The molecule has 1 aromatic carbocycles. The summed E-state index contributed by atoms with van der Waals surface area (Å²) in [6.07, 6.45) is 3.18. The molecule has 3 aromatic rings. The van der Waals surface area contributed by atoms with E-state index in [1.807, 2.05) is 6.07 Å². The van der Waals surface area contributed by atoms with Gasteiger partial charge in [-0.2, -0.15) is 0 Å². The highest BCUT2D eigenvalue weighted by molar-refractivity contribution is 6.31. The summed E-state index contributed by atoms with van der Waals surface area (Å²) < 4.78 is 2.49. The minimum Gasteiger partial charge on any atom is -0.316 e. The molecule has 0 atom stereocenters. The van der Waals surface area contributed by atoms with Crippen LogP contribution in [0.25, 0.3) is 22.2 Å². The van der Waals surface area contributed by atoms with E-state index in [9.17, 15) is 0 Å². The van der Waals surface area contributed by atoms with Gasteiger partial charge in [0.05, 0.1) is 5.52 Å². The first-order chi connectivity index (χ1) is 13.0. The van der Waals surface area contributed by atoms with Crippen LogP contribution in [-0.4, -0.2) is 28.0 Å². The smallest absolute Gasteiger partial charge is 0.0532 e. The Labute approximate surface area is 165 Å². The fraction of sp³-hybridized carbons (Fsp3) is 0.348. The standard InChI is InChI=1S/C23H24ClN3/c1-14-4-6-18-17(7-8-21(18)25-14)15(2)27-22-9-5-16(24)12-20(22)19-10-11-26(3)13-23(19)27/h4-6,9,12H,7-8,10-11,13H2,1-3H3. The van der Waals surface area contributed by atoms with Crippen LogP contribution < -0.4 is 0 Å². The van der Waals surface area contributed by atoms with Crippen molar-refractivity contribution in [1.82, 2.24) is 14.5 Å². The molecule has 3 nitrogen and oxygen atoms in total. The van der Waals surface area contributed by atoms with Crippen LogP contribution in [0.4, 0.5) is 0 Å². The van der Waals surface area contributed by atoms with Gasteiger partial charge in [0.2, 0.25) is 0 Å². The topological polar surface area (TPSA) is 21.1 Å². The Hall–Kier alpha value is -2.10. The molecule has 3 heterocycles. The Balaban J connectivity index is 1.78. The second-order valence-corrected chi connectivity index (χ2v) is 8.36. The Morgan fingerprint density at radius 2 is 1.96 bits per heavy atom. The van der Waals surface area contributed by atoms with Gasteiger partial charge in [0.15, 0.2) is 0 Å². The number of aryl methyl sites for hydroxylation is 2. The molecule has 0 fully saturated rings. The van der Waals surface area contributed by atoms with E-state index in [0.717, 1.165) is 43.1 Å². The summed E-state index contributed by atoms with van der Waals surface area (Å²) in [7, 11) is 2.21. The van der Waals surface area contributed by atoms with E-state index in [2.05, 4.69) is 54.6 Å². The van der Waals surface area contributed by atoms with Gasteiger partial charge in [-0.25, -0.2) is 0 Å². The predicted octanol–water partition coefficient (Wildman–Crippen LogP) is 5.32. The normalized spacial score (nSPS) is 18.7. The monoisotopic (exact) mass is 377 g/mol. The van der Waals surface area contributed by atoms with Crippen molar-refractivity contribution in [2.75, 3.05) is 13.6 Å². The van der Waals surface area contributed by atoms with E-state index in [4.69, 9.17) is 16.6 Å². The number of hydrogen-bond donors (Lipinski definition) is 0. The first-order valence-corrected chi connectivity index (χ1v) is 10.1. The lowest BCUT2D eigenvalue weighted by atomic mass is 10.0. The average Bonchev–Trinajstić information content (AvgIpc) is 3.19. The highest BCUT2D eigenvalue weighted by Crippen LogP contribution is 2.40. The quantitative estimate of drug-likeness (QED) is 0.572. The van der Waals surface area contributed by atoms with E-state index in [1.54, 1.807) is 0 Å². The Morgan fingerprint density at radius 1 is 1.11 bits per heavy atom. The number of benzene rings is 1. The molecule has 0 amide bonds. The third kappa shape index (κ3) is 2.64. The molecule has 4 heteroatoms. The van der Waals surface area contributed by atoms with Crippen LogP contribution in [-0.2, 0) is 19.4 Å². The molecular formula is C23H24ClN3. The highest BCUT2D eigenvalue weighted by Gasteiger charge is 2.26. The van der Waals surface area contributed by atoms with E-state index in [1.165, 1.54) is 44.7 Å². The average molecular weight is 378 g/mol. The van der Waals surface area contributed by atoms with Crippen molar-refractivity contribution in [2.24, 2.45) is 0 Å². The van der Waals surface area contributed by atoms with Crippen molar-refractivity contribution in [3.63, 3.8) is 0 Å². The second-order valence-electron chi connectivity index (χ2n) is 7.92. The van der Waals surface area contributed by atoms with Crippen LogP contribution in [0.2, 0.25) is 5.02 Å². The molecule has 2 aliphatic rings. The van der Waals surface area contributed by atoms with E-state index >= 15 is 0 Å². The molecule has 138 valence electrons. The van der Waals surface area contributed by atoms with Gasteiger partial charge >= 0.3 is 0 Å². The summed E-state index contributed by atoms with van der Waals surface area (Å²) in [6.45, 7) is 6.42. The summed E-state index contributed by atoms with van der Waals surface area (Å²) in [5, 5.41) is 2.13. The minimum absolute atomic E-state index is 0.817. The largest absolute Gasteiger partial charge is 0.316 e. The molecule has 1 aliphatic carbocycles. The predicted molar refractivity (Wildman–Crippen MR) is 113 cm³/mol. The Kier molecular flexibility index (Phi) is 3.92. The van der Waals surface area contributed by atoms with Crippen LogP contribution in [0.3, 0.4) is 0 Å². The lowest BCUT2D eigenvalue weighted by Crippen LogP contribution is -2.27. The summed E-state index contributed by atoms with van der Waals surface area (Å²) in [6, 6.07) is 10.7. The summed E-state index contributed by atoms with van der Waals surface area (Å²) in [4.78, 5) is 7.18. The first kappa shape index (κ1) is 17.0. The van der Waals surface area contributed by atoms with Gasteiger partial charge < -0.3 is 9.47 Å². The maximum atomic E-state index is 6.35. The number of aromatic nitrogens is 2. The molecule has 0 N–H and O–H groups in total. The zero-order chi connectivity index (χ0) is 18.7. The molecule has 27 heavy (non-hydrogen) atoms. The van der Waals surface area contributed by atoms with Gasteiger partial charge in [-0.05, 0) is 75.6 Å². The lowest BCUT2D eigenvalue weighted by molar-refractivity contribution is 0.307.